The van der Waals surface area contributed by atoms with E-state index in [1.165, 1.54) is 11.3 Å². The van der Waals surface area contributed by atoms with Crippen molar-refractivity contribution >= 4 is 44.2 Å². The molecule has 0 aliphatic rings. The first kappa shape index (κ1) is 22.3. The molecule has 0 fully saturated rings. The number of nitrogens with one attached hydrogen (secondary N) is 2. The number of benzene rings is 3. The number of thiazole rings is 1. The zero-order valence-electron chi connectivity index (χ0n) is 18.3. The smallest absolute Gasteiger partial charge is 0.257 e. The number of nitrogens with zero attached hydrogens (tertiary/aromatic N) is 1. The quantitative estimate of drug-likeness (QED) is 0.357. The van der Waals surface area contributed by atoms with Gasteiger partial charge in [-0.25, -0.2) is 4.98 Å². The van der Waals surface area contributed by atoms with Crippen molar-refractivity contribution in [3.63, 3.8) is 0 Å². The van der Waals surface area contributed by atoms with Crippen LogP contribution in [-0.4, -0.2) is 30.0 Å². The lowest BCUT2D eigenvalue weighted by Gasteiger charge is -2.07. The lowest BCUT2D eigenvalue weighted by atomic mass is 10.2. The topological polar surface area (TPSA) is 89.5 Å². The van der Waals surface area contributed by atoms with Gasteiger partial charge in [-0.3, -0.25) is 14.9 Å². The van der Waals surface area contributed by atoms with E-state index in [0.717, 1.165) is 16.0 Å². The number of fused-ring (bicyclic) bond motifs is 1. The highest BCUT2D eigenvalue weighted by Crippen LogP contribution is 2.29. The number of anilines is 2. The third kappa shape index (κ3) is 5.48. The standard InChI is InChI=1S/C25H23N3O4S/c1-3-31-19-10-5-16(6-11-19)23(29)26-18-9-14-21-22(15-18)33-25(27-21)28-24(30)17-7-12-20(13-8-17)32-4-2/h5-15H,3-4H2,1-2H3,(H,26,29)(H,27,28,30). The Balaban J connectivity index is 1.43. The predicted molar refractivity (Wildman–Crippen MR) is 131 cm³/mol. The second-order valence-electron chi connectivity index (χ2n) is 7.02. The summed E-state index contributed by atoms with van der Waals surface area (Å²) in [6.45, 7) is 4.96. The SMILES string of the molecule is CCOc1ccc(C(=O)Nc2ccc3nc(NC(=O)c4ccc(OCC)cc4)sc3c2)cc1. The highest BCUT2D eigenvalue weighted by atomic mass is 32.1. The average molecular weight is 462 g/mol. The molecule has 1 heterocycles. The Bertz CT molecular complexity index is 1210. The summed E-state index contributed by atoms with van der Waals surface area (Å²) < 4.78 is 11.7. The van der Waals surface area contributed by atoms with Crippen LogP contribution in [0.3, 0.4) is 0 Å². The number of ether oxygens (including phenoxy) is 2. The van der Waals surface area contributed by atoms with Gasteiger partial charge in [0.05, 0.1) is 23.4 Å². The minimum Gasteiger partial charge on any atom is -0.494 e. The summed E-state index contributed by atoms with van der Waals surface area (Å²) in [5.41, 5.74) is 2.43. The largest absolute Gasteiger partial charge is 0.494 e. The fraction of sp³-hybridized carbons (Fsp3) is 0.160. The van der Waals surface area contributed by atoms with Crippen LogP contribution in [0.15, 0.2) is 66.7 Å². The summed E-state index contributed by atoms with van der Waals surface area (Å²) in [5, 5.41) is 6.21. The fourth-order valence-electron chi connectivity index (χ4n) is 3.17. The Labute approximate surface area is 195 Å². The van der Waals surface area contributed by atoms with E-state index in [1.807, 2.05) is 26.0 Å². The number of hydrogen-bond acceptors (Lipinski definition) is 6. The van der Waals surface area contributed by atoms with Crippen LogP contribution in [0.4, 0.5) is 10.8 Å². The van der Waals surface area contributed by atoms with Gasteiger partial charge in [0.25, 0.3) is 11.8 Å². The van der Waals surface area contributed by atoms with Crippen LogP contribution in [0.2, 0.25) is 0 Å². The van der Waals surface area contributed by atoms with E-state index in [4.69, 9.17) is 9.47 Å². The molecule has 168 valence electrons. The second-order valence-corrected chi connectivity index (χ2v) is 8.06. The molecule has 0 unspecified atom stereocenters. The summed E-state index contributed by atoms with van der Waals surface area (Å²) in [6, 6.07) is 19.4. The van der Waals surface area contributed by atoms with Crippen LogP contribution in [0, 0.1) is 0 Å². The van der Waals surface area contributed by atoms with E-state index >= 15 is 0 Å². The molecule has 4 aromatic rings. The van der Waals surface area contributed by atoms with Gasteiger partial charge in [-0.05, 0) is 80.6 Å². The molecule has 0 aliphatic heterocycles. The average Bonchev–Trinajstić information content (AvgIpc) is 3.22. The normalized spacial score (nSPS) is 10.6. The van der Waals surface area contributed by atoms with Crippen molar-refractivity contribution in [2.24, 2.45) is 0 Å². The van der Waals surface area contributed by atoms with Crippen molar-refractivity contribution < 1.29 is 19.1 Å². The highest BCUT2D eigenvalue weighted by Gasteiger charge is 2.12. The predicted octanol–water partition coefficient (Wildman–Crippen LogP) is 5.60. The molecule has 1 aromatic heterocycles. The zero-order valence-corrected chi connectivity index (χ0v) is 19.1. The highest BCUT2D eigenvalue weighted by molar-refractivity contribution is 7.22. The number of carbonyl (C=O) groups excluding carboxylic acids is 2. The second kappa shape index (κ2) is 10.1. The number of hydrogen-bond donors (Lipinski definition) is 2. The van der Waals surface area contributed by atoms with Gasteiger partial charge in [0.15, 0.2) is 5.13 Å². The molecule has 0 saturated carbocycles. The van der Waals surface area contributed by atoms with Gasteiger partial charge in [0, 0.05) is 16.8 Å². The van der Waals surface area contributed by atoms with Crippen molar-refractivity contribution in [3.05, 3.63) is 77.9 Å². The van der Waals surface area contributed by atoms with Gasteiger partial charge in [-0.15, -0.1) is 0 Å². The first-order valence-electron chi connectivity index (χ1n) is 10.5. The minimum atomic E-state index is -0.249. The van der Waals surface area contributed by atoms with Crippen LogP contribution in [-0.2, 0) is 0 Å². The van der Waals surface area contributed by atoms with Crippen LogP contribution in [0.25, 0.3) is 10.2 Å². The minimum absolute atomic E-state index is 0.217. The fourth-order valence-corrected chi connectivity index (χ4v) is 4.07. The molecule has 0 saturated heterocycles. The molecule has 0 bridgehead atoms. The molecule has 2 N–H and O–H groups in total. The molecular weight excluding hydrogens is 438 g/mol. The first-order valence-corrected chi connectivity index (χ1v) is 11.4. The number of aromatic nitrogens is 1. The van der Waals surface area contributed by atoms with Crippen LogP contribution < -0.4 is 20.1 Å². The molecule has 3 aromatic carbocycles. The third-order valence-electron chi connectivity index (χ3n) is 4.72. The van der Waals surface area contributed by atoms with Crippen molar-refractivity contribution in [3.8, 4) is 11.5 Å². The molecule has 0 atom stereocenters. The van der Waals surface area contributed by atoms with Gasteiger partial charge in [-0.1, -0.05) is 11.3 Å². The summed E-state index contributed by atoms with van der Waals surface area (Å²) in [6.07, 6.45) is 0. The molecule has 0 radical (unpaired) electrons. The zero-order chi connectivity index (χ0) is 23.2. The lowest BCUT2D eigenvalue weighted by molar-refractivity contribution is 0.101. The molecule has 7 nitrogen and oxygen atoms in total. The van der Waals surface area contributed by atoms with E-state index in [1.54, 1.807) is 54.6 Å². The van der Waals surface area contributed by atoms with Gasteiger partial charge < -0.3 is 14.8 Å². The van der Waals surface area contributed by atoms with E-state index in [-0.39, 0.29) is 11.8 Å². The summed E-state index contributed by atoms with van der Waals surface area (Å²) in [4.78, 5) is 29.6. The maximum absolute atomic E-state index is 12.6. The number of carbonyl (C=O) groups is 2. The molecule has 8 heteroatoms. The Morgan fingerprint density at radius 1 is 0.788 bits per heavy atom. The molecule has 0 spiro atoms. The first-order chi connectivity index (χ1) is 16.1. The van der Waals surface area contributed by atoms with Crippen LogP contribution in [0.1, 0.15) is 34.6 Å². The maximum Gasteiger partial charge on any atom is 0.257 e. The Hall–Kier alpha value is -3.91. The third-order valence-corrected chi connectivity index (χ3v) is 5.66. The van der Waals surface area contributed by atoms with Gasteiger partial charge in [-0.2, -0.15) is 0 Å². The molecule has 0 aliphatic carbocycles. The van der Waals surface area contributed by atoms with E-state index < -0.39 is 0 Å². The van der Waals surface area contributed by atoms with Gasteiger partial charge >= 0.3 is 0 Å². The van der Waals surface area contributed by atoms with E-state index in [0.29, 0.717) is 40.9 Å². The van der Waals surface area contributed by atoms with Crippen LogP contribution in [0.5, 0.6) is 11.5 Å². The monoisotopic (exact) mass is 461 g/mol. The van der Waals surface area contributed by atoms with E-state index in [2.05, 4.69) is 15.6 Å². The van der Waals surface area contributed by atoms with Crippen LogP contribution >= 0.6 is 11.3 Å². The summed E-state index contributed by atoms with van der Waals surface area (Å²) in [5.74, 6) is 0.973. The Kier molecular flexibility index (Phi) is 6.85. The van der Waals surface area contributed by atoms with Crippen molar-refractivity contribution in [2.45, 2.75) is 13.8 Å². The number of amides is 2. The molecule has 33 heavy (non-hydrogen) atoms. The molecule has 4 rings (SSSR count). The Morgan fingerprint density at radius 3 is 1.88 bits per heavy atom. The van der Waals surface area contributed by atoms with Crippen molar-refractivity contribution in [1.82, 2.24) is 4.98 Å². The van der Waals surface area contributed by atoms with Gasteiger partial charge in [0.2, 0.25) is 0 Å². The summed E-state index contributed by atoms with van der Waals surface area (Å²) >= 11 is 1.34. The van der Waals surface area contributed by atoms with Gasteiger partial charge in [0.1, 0.15) is 11.5 Å². The maximum atomic E-state index is 12.6. The lowest BCUT2D eigenvalue weighted by Crippen LogP contribution is -2.11. The molecule has 2 amide bonds. The Morgan fingerprint density at radius 2 is 1.33 bits per heavy atom. The van der Waals surface area contributed by atoms with E-state index in [9.17, 15) is 9.59 Å². The molecular formula is C25H23N3O4S. The van der Waals surface area contributed by atoms with Crippen molar-refractivity contribution in [1.29, 1.82) is 0 Å². The summed E-state index contributed by atoms with van der Waals surface area (Å²) in [7, 11) is 0. The van der Waals surface area contributed by atoms with Crippen molar-refractivity contribution in [2.75, 3.05) is 23.8 Å². The number of rotatable bonds is 8.